The van der Waals surface area contributed by atoms with E-state index in [1.807, 2.05) is 6.07 Å². The fourth-order valence-electron chi connectivity index (χ4n) is 10.0. The van der Waals surface area contributed by atoms with Gasteiger partial charge in [-0.15, -0.1) is 0 Å². The zero-order valence-electron chi connectivity index (χ0n) is 35.4. The molecule has 0 aliphatic carbocycles. The third-order valence-corrected chi connectivity index (χ3v) is 13.2. The Balaban J connectivity index is 1.08. The van der Waals surface area contributed by atoms with Gasteiger partial charge in [0.05, 0.1) is 16.7 Å². The number of nitrogens with zero attached hydrogens (tertiary/aromatic N) is 2. The quantitative estimate of drug-likeness (QED) is 0.160. The highest BCUT2D eigenvalue weighted by Crippen LogP contribution is 2.48. The first-order valence-corrected chi connectivity index (χ1v) is 22.2. The molecule has 11 aromatic carbocycles. The van der Waals surface area contributed by atoms with Gasteiger partial charge in [0.25, 0.3) is 0 Å². The maximum atomic E-state index is 6.55. The topological polar surface area (TPSA) is 21.3 Å². The van der Waals surface area contributed by atoms with Crippen molar-refractivity contribution in [3.05, 3.63) is 243 Å². The van der Waals surface area contributed by atoms with Crippen molar-refractivity contribution < 1.29 is 4.42 Å². The van der Waals surface area contributed by atoms with Gasteiger partial charge in [-0.1, -0.05) is 164 Å². The first-order valence-electron chi connectivity index (χ1n) is 22.2. The van der Waals surface area contributed by atoms with E-state index in [1.165, 1.54) is 54.6 Å². The number of furan rings is 1. The summed E-state index contributed by atoms with van der Waals surface area (Å²) in [6.07, 6.45) is 0. The lowest BCUT2D eigenvalue weighted by molar-refractivity contribution is 0.669. The molecule has 0 amide bonds. The fraction of sp³-hybridized carbons (Fsp3) is 0. The average molecular weight is 829 g/mol. The van der Waals surface area contributed by atoms with Crippen molar-refractivity contribution >= 4 is 82.4 Å². The lowest BCUT2D eigenvalue weighted by Gasteiger charge is -2.29. The molecule has 0 spiro atoms. The van der Waals surface area contributed by atoms with Gasteiger partial charge < -0.3 is 13.9 Å². The Hall–Kier alpha value is -8.66. The van der Waals surface area contributed by atoms with Crippen molar-refractivity contribution in [1.29, 1.82) is 0 Å². The van der Waals surface area contributed by atoms with Crippen LogP contribution in [0.25, 0.3) is 104 Å². The Morgan fingerprint density at radius 3 is 1.52 bits per heavy atom. The van der Waals surface area contributed by atoms with Crippen LogP contribution in [0, 0.1) is 0 Å². The van der Waals surface area contributed by atoms with Gasteiger partial charge in [0, 0.05) is 44.2 Å². The number of anilines is 3. The van der Waals surface area contributed by atoms with Crippen LogP contribution in [0.2, 0.25) is 0 Å². The predicted octanol–water partition coefficient (Wildman–Crippen LogP) is 17.5. The summed E-state index contributed by atoms with van der Waals surface area (Å²) < 4.78 is 8.96. The molecule has 0 aliphatic rings. The molecule has 3 nitrogen and oxygen atoms in total. The Kier molecular flexibility index (Phi) is 8.53. The molecule has 304 valence electrons. The Labute approximate surface area is 376 Å². The minimum absolute atomic E-state index is 0.868. The van der Waals surface area contributed by atoms with Crippen LogP contribution in [0.1, 0.15) is 0 Å². The van der Waals surface area contributed by atoms with E-state index in [0.717, 1.165) is 66.8 Å². The van der Waals surface area contributed by atoms with E-state index in [9.17, 15) is 0 Å². The SMILES string of the molecule is c1ccc(-n2c3ccccc3c3cc(-c4cccc5oc6ccccc6c45)c(N(c4ccc(-c5ccc6ccccc6c5)cc4)c4ccc(-c5ccc6ccccc6c5)cc4)cc32)cc1. The summed E-state index contributed by atoms with van der Waals surface area (Å²) in [5.41, 5.74) is 15.3. The molecule has 13 rings (SSSR count). The van der Waals surface area contributed by atoms with E-state index in [4.69, 9.17) is 4.42 Å². The zero-order chi connectivity index (χ0) is 42.8. The molecule has 0 bridgehead atoms. The molecular weight excluding hydrogens is 789 g/mol. The first kappa shape index (κ1) is 36.9. The Bertz CT molecular complexity index is 3810. The Morgan fingerprint density at radius 1 is 0.323 bits per heavy atom. The molecule has 0 N–H and O–H groups in total. The second kappa shape index (κ2) is 15.0. The van der Waals surface area contributed by atoms with E-state index in [-0.39, 0.29) is 0 Å². The molecular formula is C62H40N2O. The molecule has 0 fully saturated rings. The number of fused-ring (bicyclic) bond motifs is 8. The summed E-state index contributed by atoms with van der Waals surface area (Å²) in [5, 5.41) is 9.53. The van der Waals surface area contributed by atoms with Crippen molar-refractivity contribution in [2.45, 2.75) is 0 Å². The van der Waals surface area contributed by atoms with Gasteiger partial charge in [-0.05, 0) is 128 Å². The van der Waals surface area contributed by atoms with Crippen LogP contribution < -0.4 is 4.90 Å². The van der Waals surface area contributed by atoms with Crippen LogP contribution in [0.3, 0.4) is 0 Å². The lowest BCUT2D eigenvalue weighted by Crippen LogP contribution is -2.11. The van der Waals surface area contributed by atoms with E-state index < -0.39 is 0 Å². The van der Waals surface area contributed by atoms with Crippen molar-refractivity contribution in [3.8, 4) is 39.1 Å². The number of hydrogen-bond acceptors (Lipinski definition) is 2. The summed E-state index contributed by atoms with van der Waals surface area (Å²) >= 11 is 0. The Morgan fingerprint density at radius 2 is 0.862 bits per heavy atom. The molecule has 0 atom stereocenters. The van der Waals surface area contributed by atoms with Crippen LogP contribution in [0.5, 0.6) is 0 Å². The number of aromatic nitrogens is 1. The van der Waals surface area contributed by atoms with Crippen LogP contribution in [0.15, 0.2) is 247 Å². The van der Waals surface area contributed by atoms with Gasteiger partial charge in [-0.3, -0.25) is 0 Å². The smallest absolute Gasteiger partial charge is 0.136 e. The van der Waals surface area contributed by atoms with Crippen LogP contribution in [-0.4, -0.2) is 4.57 Å². The van der Waals surface area contributed by atoms with Gasteiger partial charge in [-0.25, -0.2) is 0 Å². The van der Waals surface area contributed by atoms with Crippen molar-refractivity contribution in [3.63, 3.8) is 0 Å². The minimum Gasteiger partial charge on any atom is -0.456 e. The molecule has 2 heterocycles. The highest BCUT2D eigenvalue weighted by atomic mass is 16.3. The first-order chi connectivity index (χ1) is 32.2. The monoisotopic (exact) mass is 828 g/mol. The molecule has 0 aliphatic heterocycles. The molecule has 0 saturated heterocycles. The average Bonchev–Trinajstić information content (AvgIpc) is 3.92. The lowest BCUT2D eigenvalue weighted by atomic mass is 9.94. The maximum Gasteiger partial charge on any atom is 0.136 e. The molecule has 3 heteroatoms. The van der Waals surface area contributed by atoms with Crippen LogP contribution >= 0.6 is 0 Å². The maximum absolute atomic E-state index is 6.55. The number of para-hydroxylation sites is 3. The van der Waals surface area contributed by atoms with Gasteiger partial charge in [0.2, 0.25) is 0 Å². The highest BCUT2D eigenvalue weighted by molar-refractivity contribution is 6.18. The summed E-state index contributed by atoms with van der Waals surface area (Å²) in [6.45, 7) is 0. The van der Waals surface area contributed by atoms with E-state index in [1.54, 1.807) is 0 Å². The molecule has 0 saturated carbocycles. The molecule has 0 unspecified atom stereocenters. The van der Waals surface area contributed by atoms with Crippen molar-refractivity contribution in [2.75, 3.05) is 4.90 Å². The summed E-state index contributed by atoms with van der Waals surface area (Å²) in [5.74, 6) is 0. The highest BCUT2D eigenvalue weighted by Gasteiger charge is 2.24. The fourth-order valence-corrected chi connectivity index (χ4v) is 10.0. The van der Waals surface area contributed by atoms with Gasteiger partial charge in [0.1, 0.15) is 11.2 Å². The van der Waals surface area contributed by atoms with Crippen LogP contribution in [-0.2, 0) is 0 Å². The van der Waals surface area contributed by atoms with E-state index >= 15 is 0 Å². The standard InChI is InChI=1S/C62H40N2O/c1-2-17-49(18-3-1)64-57-22-10-8-19-52(57)55-39-56(53-21-12-24-61-62(53)54-20-9-11-23-60(54)65-61)58(40-59(55)64)63(50-33-29-43(30-34-50)47-27-25-41-13-4-6-15-45(41)37-47)51-35-31-44(32-36-51)48-28-26-42-14-5-7-16-46(42)38-48/h1-40H. The minimum atomic E-state index is 0.868. The zero-order valence-corrected chi connectivity index (χ0v) is 35.4. The number of benzene rings is 11. The van der Waals surface area contributed by atoms with Crippen molar-refractivity contribution in [2.24, 2.45) is 0 Å². The predicted molar refractivity (Wildman–Crippen MR) is 274 cm³/mol. The van der Waals surface area contributed by atoms with Crippen LogP contribution in [0.4, 0.5) is 17.1 Å². The molecule has 65 heavy (non-hydrogen) atoms. The number of rotatable bonds is 7. The summed E-state index contributed by atoms with van der Waals surface area (Å²) in [6, 6.07) is 88.0. The van der Waals surface area contributed by atoms with Gasteiger partial charge in [-0.2, -0.15) is 0 Å². The summed E-state index contributed by atoms with van der Waals surface area (Å²) in [7, 11) is 0. The number of hydrogen-bond donors (Lipinski definition) is 0. The normalized spacial score (nSPS) is 11.7. The van der Waals surface area contributed by atoms with Gasteiger partial charge in [0.15, 0.2) is 0 Å². The molecule has 2 aromatic heterocycles. The second-order valence-electron chi connectivity index (χ2n) is 16.9. The third-order valence-electron chi connectivity index (χ3n) is 13.2. The van der Waals surface area contributed by atoms with E-state index in [2.05, 4.69) is 246 Å². The molecule has 13 aromatic rings. The van der Waals surface area contributed by atoms with Crippen molar-refractivity contribution in [1.82, 2.24) is 4.57 Å². The van der Waals surface area contributed by atoms with Gasteiger partial charge >= 0.3 is 0 Å². The largest absolute Gasteiger partial charge is 0.456 e. The summed E-state index contributed by atoms with van der Waals surface area (Å²) in [4.78, 5) is 2.44. The molecule has 0 radical (unpaired) electrons. The third kappa shape index (κ3) is 6.20. The second-order valence-corrected chi connectivity index (χ2v) is 16.9. The van der Waals surface area contributed by atoms with E-state index in [0.29, 0.717) is 0 Å².